The van der Waals surface area contributed by atoms with E-state index in [1.165, 1.54) is 19.3 Å². The lowest BCUT2D eigenvalue weighted by atomic mass is 9.95. The molecule has 0 spiro atoms. The number of carbonyl (C=O) groups excluding carboxylic acids is 1. The highest BCUT2D eigenvalue weighted by Crippen LogP contribution is 2.26. The summed E-state index contributed by atoms with van der Waals surface area (Å²) in [5.41, 5.74) is 0. The number of rotatable bonds is 3. The van der Waals surface area contributed by atoms with E-state index in [1.807, 2.05) is 0 Å². The van der Waals surface area contributed by atoms with Crippen LogP contribution in [-0.4, -0.2) is 47.7 Å². The Bertz CT molecular complexity index is 256. The normalized spacial score (nSPS) is 31.9. The van der Waals surface area contributed by atoms with Gasteiger partial charge in [-0.3, -0.25) is 9.69 Å². The molecule has 2 aliphatic rings. The van der Waals surface area contributed by atoms with Crippen molar-refractivity contribution in [2.75, 3.05) is 19.7 Å². The van der Waals surface area contributed by atoms with Crippen LogP contribution in [0, 0.1) is 0 Å². The van der Waals surface area contributed by atoms with Crippen molar-refractivity contribution in [2.45, 2.75) is 57.0 Å². The molecule has 2 saturated heterocycles. The summed E-state index contributed by atoms with van der Waals surface area (Å²) in [5, 5.41) is 12.1. The second-order valence-electron chi connectivity index (χ2n) is 5.25. The van der Waals surface area contributed by atoms with Crippen molar-refractivity contribution < 1.29 is 9.90 Å². The molecular formula is C13H24N2O2. The summed E-state index contributed by atoms with van der Waals surface area (Å²) < 4.78 is 0. The molecule has 0 aromatic carbocycles. The number of aliphatic hydroxyl groups excluding tert-OH is 1. The van der Waals surface area contributed by atoms with E-state index in [0.717, 1.165) is 32.4 Å². The molecule has 1 amide bonds. The van der Waals surface area contributed by atoms with Gasteiger partial charge in [-0.15, -0.1) is 0 Å². The maximum Gasteiger partial charge on any atom is 0.221 e. The van der Waals surface area contributed by atoms with E-state index in [4.69, 9.17) is 5.11 Å². The molecule has 0 aromatic heterocycles. The Labute approximate surface area is 103 Å². The van der Waals surface area contributed by atoms with Gasteiger partial charge in [0.15, 0.2) is 0 Å². The van der Waals surface area contributed by atoms with Crippen molar-refractivity contribution in [3.8, 4) is 0 Å². The number of nitrogens with one attached hydrogen (secondary N) is 1. The molecule has 2 fully saturated rings. The maximum absolute atomic E-state index is 11.6. The number of piperidine rings is 1. The number of hydrogen-bond donors (Lipinski definition) is 2. The Balaban J connectivity index is 1.98. The summed E-state index contributed by atoms with van der Waals surface area (Å²) >= 11 is 0. The van der Waals surface area contributed by atoms with E-state index < -0.39 is 0 Å². The average molecular weight is 240 g/mol. The fourth-order valence-corrected chi connectivity index (χ4v) is 3.20. The van der Waals surface area contributed by atoms with Gasteiger partial charge in [-0.05, 0) is 38.6 Å². The van der Waals surface area contributed by atoms with Gasteiger partial charge in [0.25, 0.3) is 0 Å². The predicted octanol–water partition coefficient (Wildman–Crippen LogP) is 0.892. The number of aliphatic hydroxyl groups is 1. The highest BCUT2D eigenvalue weighted by Gasteiger charge is 2.30. The van der Waals surface area contributed by atoms with Gasteiger partial charge in [-0.2, -0.15) is 0 Å². The van der Waals surface area contributed by atoms with Crippen LogP contribution in [0.2, 0.25) is 0 Å². The summed E-state index contributed by atoms with van der Waals surface area (Å²) in [5.74, 6) is 0.195. The Morgan fingerprint density at radius 3 is 3.00 bits per heavy atom. The van der Waals surface area contributed by atoms with Crippen LogP contribution in [0.1, 0.15) is 44.9 Å². The SMILES string of the molecule is O=C1CC(N2CCCCC2CCO)CCCN1. The van der Waals surface area contributed by atoms with Gasteiger partial charge in [-0.1, -0.05) is 6.42 Å². The van der Waals surface area contributed by atoms with Crippen molar-refractivity contribution >= 4 is 5.91 Å². The smallest absolute Gasteiger partial charge is 0.221 e. The summed E-state index contributed by atoms with van der Waals surface area (Å²) in [6.45, 7) is 2.19. The van der Waals surface area contributed by atoms with Crippen LogP contribution in [0.4, 0.5) is 0 Å². The molecule has 2 rings (SSSR count). The van der Waals surface area contributed by atoms with Crippen molar-refractivity contribution in [1.29, 1.82) is 0 Å². The number of amides is 1. The van der Waals surface area contributed by atoms with Crippen molar-refractivity contribution in [2.24, 2.45) is 0 Å². The van der Waals surface area contributed by atoms with Gasteiger partial charge in [0.2, 0.25) is 5.91 Å². The molecule has 4 heteroatoms. The Hall–Kier alpha value is -0.610. The predicted molar refractivity (Wildman–Crippen MR) is 66.7 cm³/mol. The largest absolute Gasteiger partial charge is 0.396 e. The van der Waals surface area contributed by atoms with E-state index in [2.05, 4.69) is 10.2 Å². The molecule has 17 heavy (non-hydrogen) atoms. The summed E-state index contributed by atoms with van der Waals surface area (Å²) in [6.07, 6.45) is 7.37. The Kier molecular flexibility index (Phi) is 4.80. The minimum absolute atomic E-state index is 0.195. The molecule has 0 bridgehead atoms. The van der Waals surface area contributed by atoms with Crippen LogP contribution in [0.3, 0.4) is 0 Å². The van der Waals surface area contributed by atoms with E-state index in [9.17, 15) is 4.79 Å². The average Bonchev–Trinajstić information content (AvgIpc) is 2.55. The number of likely N-dealkylation sites (tertiary alicyclic amines) is 1. The lowest BCUT2D eigenvalue weighted by Crippen LogP contribution is -2.47. The van der Waals surface area contributed by atoms with E-state index >= 15 is 0 Å². The van der Waals surface area contributed by atoms with Crippen LogP contribution >= 0.6 is 0 Å². The Morgan fingerprint density at radius 1 is 1.29 bits per heavy atom. The number of carbonyl (C=O) groups is 1. The molecule has 0 saturated carbocycles. The van der Waals surface area contributed by atoms with Crippen molar-refractivity contribution in [1.82, 2.24) is 10.2 Å². The summed E-state index contributed by atoms with van der Waals surface area (Å²) in [6, 6.07) is 0.888. The lowest BCUT2D eigenvalue weighted by molar-refractivity contribution is -0.122. The molecule has 0 radical (unpaired) electrons. The van der Waals surface area contributed by atoms with Gasteiger partial charge < -0.3 is 10.4 Å². The summed E-state index contributed by atoms with van der Waals surface area (Å²) in [7, 11) is 0. The van der Waals surface area contributed by atoms with Crippen LogP contribution in [0.15, 0.2) is 0 Å². The molecule has 0 aromatic rings. The second kappa shape index (κ2) is 6.36. The first-order valence-corrected chi connectivity index (χ1v) is 6.94. The van der Waals surface area contributed by atoms with E-state index in [1.54, 1.807) is 0 Å². The fourth-order valence-electron chi connectivity index (χ4n) is 3.20. The zero-order valence-corrected chi connectivity index (χ0v) is 10.5. The third kappa shape index (κ3) is 3.42. The third-order valence-corrected chi connectivity index (χ3v) is 4.06. The minimum Gasteiger partial charge on any atom is -0.396 e. The quantitative estimate of drug-likeness (QED) is 0.770. The van der Waals surface area contributed by atoms with Gasteiger partial charge in [0.05, 0.1) is 0 Å². The van der Waals surface area contributed by atoms with Crippen molar-refractivity contribution in [3.05, 3.63) is 0 Å². The van der Waals surface area contributed by atoms with Gasteiger partial charge in [-0.25, -0.2) is 0 Å². The first kappa shape index (κ1) is 12.8. The van der Waals surface area contributed by atoms with Crippen LogP contribution in [-0.2, 0) is 4.79 Å². The number of hydrogen-bond acceptors (Lipinski definition) is 3. The first-order chi connectivity index (χ1) is 8.31. The minimum atomic E-state index is 0.195. The molecule has 2 aliphatic heterocycles. The zero-order chi connectivity index (χ0) is 12.1. The Morgan fingerprint density at radius 2 is 2.18 bits per heavy atom. The van der Waals surface area contributed by atoms with Crippen LogP contribution in [0.5, 0.6) is 0 Å². The third-order valence-electron chi connectivity index (χ3n) is 4.06. The van der Waals surface area contributed by atoms with E-state index in [-0.39, 0.29) is 12.5 Å². The fraction of sp³-hybridized carbons (Fsp3) is 0.923. The summed E-state index contributed by atoms with van der Waals surface area (Å²) in [4.78, 5) is 14.1. The molecule has 2 N–H and O–H groups in total. The highest BCUT2D eigenvalue weighted by molar-refractivity contribution is 5.76. The number of nitrogens with zero attached hydrogens (tertiary/aromatic N) is 1. The molecule has 0 aliphatic carbocycles. The molecule has 4 nitrogen and oxygen atoms in total. The van der Waals surface area contributed by atoms with Gasteiger partial charge >= 0.3 is 0 Å². The van der Waals surface area contributed by atoms with Crippen LogP contribution in [0.25, 0.3) is 0 Å². The standard InChI is InChI=1S/C13H24N2O2/c16-9-6-11-4-1-2-8-15(11)12-5-3-7-14-13(17)10-12/h11-12,16H,1-10H2,(H,14,17). The molecule has 2 unspecified atom stereocenters. The lowest BCUT2D eigenvalue weighted by Gasteiger charge is -2.40. The molecular weight excluding hydrogens is 216 g/mol. The second-order valence-corrected chi connectivity index (χ2v) is 5.25. The monoisotopic (exact) mass is 240 g/mol. The molecule has 2 atom stereocenters. The topological polar surface area (TPSA) is 52.6 Å². The zero-order valence-electron chi connectivity index (χ0n) is 10.5. The van der Waals surface area contributed by atoms with Crippen molar-refractivity contribution in [3.63, 3.8) is 0 Å². The van der Waals surface area contributed by atoms with Gasteiger partial charge in [0.1, 0.15) is 0 Å². The molecule has 2 heterocycles. The highest BCUT2D eigenvalue weighted by atomic mass is 16.3. The first-order valence-electron chi connectivity index (χ1n) is 6.94. The van der Waals surface area contributed by atoms with Crippen LogP contribution < -0.4 is 5.32 Å². The molecule has 98 valence electrons. The van der Waals surface area contributed by atoms with E-state index in [0.29, 0.717) is 18.5 Å². The van der Waals surface area contributed by atoms with Gasteiger partial charge in [0, 0.05) is 31.7 Å². The maximum atomic E-state index is 11.6.